The fourth-order valence-corrected chi connectivity index (χ4v) is 4.07. The van der Waals surface area contributed by atoms with E-state index in [-0.39, 0.29) is 11.7 Å². The summed E-state index contributed by atoms with van der Waals surface area (Å²) in [7, 11) is 1.78. The van der Waals surface area contributed by atoms with Crippen LogP contribution in [0.2, 0.25) is 0 Å². The maximum atomic E-state index is 13.4. The Morgan fingerprint density at radius 1 is 1.04 bits per heavy atom. The van der Waals surface area contributed by atoms with Gasteiger partial charge in [0.15, 0.2) is 0 Å². The Balaban J connectivity index is 1.88. The largest absolute Gasteiger partial charge is 0.342 e. The number of carbonyl (C=O) groups is 1. The van der Waals surface area contributed by atoms with Crippen LogP contribution in [-0.4, -0.2) is 30.1 Å². The number of aliphatic imine (C=N–C) groups is 1. The second-order valence-electron chi connectivity index (χ2n) is 6.57. The van der Waals surface area contributed by atoms with E-state index in [4.69, 9.17) is 4.99 Å². The van der Waals surface area contributed by atoms with Crippen molar-refractivity contribution in [2.45, 2.75) is 16.7 Å². The third-order valence-electron chi connectivity index (χ3n) is 4.74. The molecule has 3 aromatic carbocycles. The Bertz CT molecular complexity index is 1080. The molecule has 0 saturated heterocycles. The molecule has 0 atom stereocenters. The summed E-state index contributed by atoms with van der Waals surface area (Å²) in [5, 5.41) is 0. The second-order valence-corrected chi connectivity index (χ2v) is 7.65. The van der Waals surface area contributed by atoms with E-state index in [1.165, 1.54) is 12.1 Å². The minimum Gasteiger partial charge on any atom is -0.342 e. The quantitative estimate of drug-likeness (QED) is 0.459. The van der Waals surface area contributed by atoms with Crippen molar-refractivity contribution in [3.05, 3.63) is 89.2 Å². The minimum absolute atomic E-state index is 0.0319. The van der Waals surface area contributed by atoms with Gasteiger partial charge >= 0.3 is 0 Å². The molecule has 0 N–H and O–H groups in total. The highest BCUT2D eigenvalue weighted by Gasteiger charge is 2.20. The number of hydrogen-bond acceptors (Lipinski definition) is 3. The number of rotatable bonds is 3. The first kappa shape index (κ1) is 18.4. The van der Waals surface area contributed by atoms with E-state index in [0.29, 0.717) is 12.1 Å². The summed E-state index contributed by atoms with van der Waals surface area (Å²) in [6, 6.07) is 20.0. The van der Waals surface area contributed by atoms with Crippen LogP contribution < -0.4 is 0 Å². The fraction of sp³-hybridized carbons (Fsp3) is 0.130. The standard InChI is InChI=1S/C23H19FN2OS/c1-3-26(2)23(27)16-10-13-21-19(14-16)25-22(15-8-11-17(24)12-9-15)18-6-4-5-7-20(18)28-21/h4-14H,3H2,1-2H3. The van der Waals surface area contributed by atoms with Gasteiger partial charge in [0.2, 0.25) is 0 Å². The van der Waals surface area contributed by atoms with E-state index in [1.54, 1.807) is 35.8 Å². The zero-order chi connectivity index (χ0) is 19.7. The predicted octanol–water partition coefficient (Wildman–Crippen LogP) is 5.55. The van der Waals surface area contributed by atoms with Crippen molar-refractivity contribution in [3.63, 3.8) is 0 Å². The van der Waals surface area contributed by atoms with Crippen LogP contribution in [0.25, 0.3) is 0 Å². The Labute approximate surface area is 167 Å². The number of benzene rings is 3. The van der Waals surface area contributed by atoms with Crippen LogP contribution in [0.5, 0.6) is 0 Å². The Hall–Kier alpha value is -2.92. The van der Waals surface area contributed by atoms with Gasteiger partial charge < -0.3 is 4.90 Å². The number of amides is 1. The number of hydrogen-bond donors (Lipinski definition) is 0. The van der Waals surface area contributed by atoms with Crippen molar-refractivity contribution in [2.75, 3.05) is 13.6 Å². The van der Waals surface area contributed by atoms with Crippen molar-refractivity contribution in [1.82, 2.24) is 4.90 Å². The fourth-order valence-electron chi connectivity index (χ4n) is 3.07. The molecular weight excluding hydrogens is 371 g/mol. The van der Waals surface area contributed by atoms with Crippen molar-refractivity contribution >= 4 is 29.1 Å². The van der Waals surface area contributed by atoms with E-state index in [0.717, 1.165) is 32.3 Å². The van der Waals surface area contributed by atoms with Gasteiger partial charge in [0.1, 0.15) is 5.82 Å². The van der Waals surface area contributed by atoms with E-state index in [2.05, 4.69) is 6.07 Å². The third kappa shape index (κ3) is 3.45. The molecule has 3 nitrogen and oxygen atoms in total. The predicted molar refractivity (Wildman–Crippen MR) is 111 cm³/mol. The number of carbonyl (C=O) groups excluding carboxylic acids is 1. The summed E-state index contributed by atoms with van der Waals surface area (Å²) >= 11 is 1.63. The zero-order valence-corrected chi connectivity index (χ0v) is 16.5. The smallest absolute Gasteiger partial charge is 0.253 e. The zero-order valence-electron chi connectivity index (χ0n) is 15.6. The molecule has 0 spiro atoms. The second kappa shape index (κ2) is 7.60. The van der Waals surface area contributed by atoms with Gasteiger partial charge in [0, 0.05) is 40.1 Å². The molecule has 0 aliphatic carbocycles. The van der Waals surface area contributed by atoms with Crippen molar-refractivity contribution in [2.24, 2.45) is 4.99 Å². The summed E-state index contributed by atoms with van der Waals surface area (Å²) in [5.74, 6) is -0.313. The lowest BCUT2D eigenvalue weighted by Gasteiger charge is -2.15. The first-order chi connectivity index (χ1) is 13.6. The summed E-state index contributed by atoms with van der Waals surface area (Å²) in [6.45, 7) is 2.58. The topological polar surface area (TPSA) is 32.7 Å². The third-order valence-corrected chi connectivity index (χ3v) is 5.88. The molecule has 140 valence electrons. The molecule has 0 aromatic heterocycles. The molecule has 0 radical (unpaired) electrons. The van der Waals surface area contributed by atoms with Crippen molar-refractivity contribution in [1.29, 1.82) is 0 Å². The summed E-state index contributed by atoms with van der Waals surface area (Å²) in [5.41, 5.74) is 3.96. The molecule has 4 rings (SSSR count). The SMILES string of the molecule is CCN(C)C(=O)c1ccc2c(c1)N=C(c1ccc(F)cc1)c1ccccc1S2. The van der Waals surface area contributed by atoms with E-state index >= 15 is 0 Å². The van der Waals surface area contributed by atoms with E-state index in [1.807, 2.05) is 43.3 Å². The molecule has 5 heteroatoms. The molecule has 0 unspecified atom stereocenters. The van der Waals surface area contributed by atoms with Gasteiger partial charge in [-0.25, -0.2) is 9.38 Å². The maximum Gasteiger partial charge on any atom is 0.253 e. The lowest BCUT2D eigenvalue weighted by molar-refractivity contribution is 0.0802. The maximum absolute atomic E-state index is 13.4. The lowest BCUT2D eigenvalue weighted by atomic mass is 10.0. The Morgan fingerprint density at radius 2 is 1.79 bits per heavy atom. The van der Waals surface area contributed by atoms with Gasteiger partial charge in [0.05, 0.1) is 11.4 Å². The normalized spacial score (nSPS) is 12.5. The number of nitrogens with zero attached hydrogens (tertiary/aromatic N) is 2. The summed E-state index contributed by atoms with van der Waals surface area (Å²) in [4.78, 5) is 21.2. The van der Waals surface area contributed by atoms with Crippen LogP contribution in [0.3, 0.4) is 0 Å². The van der Waals surface area contributed by atoms with Gasteiger partial charge in [-0.05, 0) is 55.5 Å². The average molecular weight is 390 g/mol. The van der Waals surface area contributed by atoms with Gasteiger partial charge in [0.25, 0.3) is 5.91 Å². The Morgan fingerprint density at radius 3 is 2.54 bits per heavy atom. The van der Waals surface area contributed by atoms with Crippen LogP contribution in [-0.2, 0) is 0 Å². The lowest BCUT2D eigenvalue weighted by Crippen LogP contribution is -2.26. The van der Waals surface area contributed by atoms with Gasteiger partial charge in [-0.2, -0.15) is 0 Å². The molecule has 0 fully saturated rings. The van der Waals surface area contributed by atoms with Gasteiger partial charge in [-0.15, -0.1) is 0 Å². The molecule has 1 aliphatic heterocycles. The first-order valence-corrected chi connectivity index (χ1v) is 9.90. The molecule has 28 heavy (non-hydrogen) atoms. The van der Waals surface area contributed by atoms with Crippen LogP contribution in [0, 0.1) is 5.82 Å². The number of halogens is 1. The molecule has 1 aliphatic rings. The van der Waals surface area contributed by atoms with Crippen molar-refractivity contribution in [3.8, 4) is 0 Å². The van der Waals surface area contributed by atoms with E-state index in [9.17, 15) is 9.18 Å². The van der Waals surface area contributed by atoms with E-state index < -0.39 is 0 Å². The highest BCUT2D eigenvalue weighted by atomic mass is 32.2. The molecule has 1 amide bonds. The van der Waals surface area contributed by atoms with Crippen molar-refractivity contribution < 1.29 is 9.18 Å². The molecular formula is C23H19FN2OS. The van der Waals surface area contributed by atoms with Gasteiger partial charge in [-0.3, -0.25) is 4.79 Å². The monoisotopic (exact) mass is 390 g/mol. The molecule has 1 heterocycles. The summed E-state index contributed by atoms with van der Waals surface area (Å²) < 4.78 is 13.4. The highest BCUT2D eigenvalue weighted by Crippen LogP contribution is 2.41. The highest BCUT2D eigenvalue weighted by molar-refractivity contribution is 7.99. The van der Waals surface area contributed by atoms with Gasteiger partial charge in [-0.1, -0.05) is 30.0 Å². The molecule has 0 bridgehead atoms. The Kier molecular flexibility index (Phi) is 5.01. The van der Waals surface area contributed by atoms with Crippen LogP contribution in [0.1, 0.15) is 28.4 Å². The van der Waals surface area contributed by atoms with Crippen LogP contribution in [0.15, 0.2) is 81.5 Å². The van der Waals surface area contributed by atoms with Crippen LogP contribution >= 0.6 is 11.8 Å². The van der Waals surface area contributed by atoms with Crippen LogP contribution in [0.4, 0.5) is 10.1 Å². The molecule has 0 saturated carbocycles. The molecule has 3 aromatic rings. The first-order valence-electron chi connectivity index (χ1n) is 9.08. The minimum atomic E-state index is -0.281. The average Bonchev–Trinajstić information content (AvgIpc) is 2.89. The number of fused-ring (bicyclic) bond motifs is 2. The summed E-state index contributed by atoms with van der Waals surface area (Å²) in [6.07, 6.45) is 0.